The van der Waals surface area contributed by atoms with Crippen LogP contribution in [0.1, 0.15) is 50.9 Å². The lowest BCUT2D eigenvalue weighted by Crippen LogP contribution is -2.54. The van der Waals surface area contributed by atoms with Crippen molar-refractivity contribution in [3.05, 3.63) is 52.4 Å². The van der Waals surface area contributed by atoms with Gasteiger partial charge in [0, 0.05) is 50.0 Å². The number of amides is 1. The molecule has 0 aliphatic carbocycles. The van der Waals surface area contributed by atoms with Crippen LogP contribution in [0.25, 0.3) is 16.9 Å². The number of nitriles is 1. The standard InChI is InChI=1S/C30H35FN8O2S/c1-8-22-26(36(7)28-34-25(23(16-32)42-28)20-9-11-21(31)12-10-20)27-33-24(15-18(2)39(27)35-22)38-14-13-37(17-19(38)3)29(40)41-30(4,5)6/h9-12,15,19H,8,13-14,17H2,1-7H3/t19-/m0/s1. The first-order valence-corrected chi connectivity index (χ1v) is 14.8. The van der Waals surface area contributed by atoms with Gasteiger partial charge in [-0.05, 0) is 65.3 Å². The molecule has 0 spiro atoms. The van der Waals surface area contributed by atoms with Crippen LogP contribution in [0.15, 0.2) is 30.3 Å². The molecule has 10 nitrogen and oxygen atoms in total. The van der Waals surface area contributed by atoms with E-state index < -0.39 is 5.60 Å². The molecular weight excluding hydrogens is 555 g/mol. The van der Waals surface area contributed by atoms with Gasteiger partial charge in [0.2, 0.25) is 0 Å². The van der Waals surface area contributed by atoms with E-state index in [2.05, 4.69) is 17.9 Å². The van der Waals surface area contributed by atoms with Crippen LogP contribution in [0.5, 0.6) is 0 Å². The normalized spacial score (nSPS) is 15.6. The third-order valence-corrected chi connectivity index (χ3v) is 8.20. The minimum absolute atomic E-state index is 0.0192. The fourth-order valence-corrected chi connectivity index (χ4v) is 5.98. The summed E-state index contributed by atoms with van der Waals surface area (Å²) in [6.07, 6.45) is 0.366. The number of halogens is 1. The highest BCUT2D eigenvalue weighted by Gasteiger charge is 2.31. The molecule has 0 N–H and O–H groups in total. The van der Waals surface area contributed by atoms with Crippen molar-refractivity contribution in [1.29, 1.82) is 5.26 Å². The third kappa shape index (κ3) is 5.61. The second-order valence-corrected chi connectivity index (χ2v) is 12.4. The molecule has 1 aromatic carbocycles. The average molecular weight is 591 g/mol. The molecule has 0 bridgehead atoms. The van der Waals surface area contributed by atoms with Gasteiger partial charge in [0.25, 0.3) is 0 Å². The molecule has 4 aromatic rings. The lowest BCUT2D eigenvalue weighted by molar-refractivity contribution is 0.0218. The fourth-order valence-electron chi connectivity index (χ4n) is 5.13. The highest BCUT2D eigenvalue weighted by molar-refractivity contribution is 7.16. The molecule has 1 saturated heterocycles. The van der Waals surface area contributed by atoms with Crippen molar-refractivity contribution in [1.82, 2.24) is 24.5 Å². The summed E-state index contributed by atoms with van der Waals surface area (Å²) in [7, 11) is 1.90. The maximum atomic E-state index is 13.5. The van der Waals surface area contributed by atoms with Crippen molar-refractivity contribution < 1.29 is 13.9 Å². The summed E-state index contributed by atoms with van der Waals surface area (Å²) in [6.45, 7) is 13.4. The molecule has 12 heteroatoms. The number of fused-ring (bicyclic) bond motifs is 1. The van der Waals surface area contributed by atoms with Crippen LogP contribution in [0, 0.1) is 24.1 Å². The van der Waals surface area contributed by atoms with Crippen LogP contribution >= 0.6 is 11.3 Å². The minimum Gasteiger partial charge on any atom is -0.444 e. The summed E-state index contributed by atoms with van der Waals surface area (Å²) in [6, 6.07) is 10.3. The zero-order chi connectivity index (χ0) is 30.3. The van der Waals surface area contributed by atoms with E-state index in [9.17, 15) is 14.4 Å². The third-order valence-electron chi connectivity index (χ3n) is 7.16. The first kappa shape index (κ1) is 29.3. The Morgan fingerprint density at radius 2 is 1.95 bits per heavy atom. The molecular formula is C30H35FN8O2S. The monoisotopic (exact) mass is 590 g/mol. The van der Waals surface area contributed by atoms with Gasteiger partial charge in [-0.15, -0.1) is 0 Å². The van der Waals surface area contributed by atoms with Gasteiger partial charge < -0.3 is 19.4 Å². The van der Waals surface area contributed by atoms with E-state index >= 15 is 0 Å². The van der Waals surface area contributed by atoms with Crippen LogP contribution in [-0.2, 0) is 11.2 Å². The van der Waals surface area contributed by atoms with Gasteiger partial charge in [0.15, 0.2) is 10.8 Å². The van der Waals surface area contributed by atoms with Crippen LogP contribution in [0.2, 0.25) is 0 Å². The quantitative estimate of drug-likeness (QED) is 0.281. The van der Waals surface area contributed by atoms with Crippen LogP contribution in [0.4, 0.5) is 25.8 Å². The van der Waals surface area contributed by atoms with E-state index in [1.807, 2.05) is 57.1 Å². The van der Waals surface area contributed by atoms with E-state index in [0.29, 0.717) is 53.0 Å². The summed E-state index contributed by atoms with van der Waals surface area (Å²) < 4.78 is 21.0. The molecule has 42 heavy (non-hydrogen) atoms. The molecule has 220 valence electrons. The Balaban J connectivity index is 1.50. The van der Waals surface area contributed by atoms with Crippen molar-refractivity contribution in [2.45, 2.75) is 59.6 Å². The molecule has 0 radical (unpaired) electrons. The number of benzene rings is 1. The van der Waals surface area contributed by atoms with E-state index in [-0.39, 0.29) is 18.0 Å². The van der Waals surface area contributed by atoms with Gasteiger partial charge in [0.1, 0.15) is 39.6 Å². The maximum Gasteiger partial charge on any atom is 0.410 e. The van der Waals surface area contributed by atoms with Crippen molar-refractivity contribution >= 4 is 39.7 Å². The van der Waals surface area contributed by atoms with Crippen LogP contribution in [0.3, 0.4) is 0 Å². The summed E-state index contributed by atoms with van der Waals surface area (Å²) >= 11 is 1.27. The van der Waals surface area contributed by atoms with Crippen molar-refractivity contribution in [2.75, 3.05) is 36.5 Å². The number of thiazole rings is 1. The average Bonchev–Trinajstić information content (AvgIpc) is 3.54. The second kappa shape index (κ2) is 11.2. The highest BCUT2D eigenvalue weighted by atomic mass is 32.1. The Labute approximate surface area is 249 Å². The molecule has 4 heterocycles. The lowest BCUT2D eigenvalue weighted by atomic mass is 10.1. The minimum atomic E-state index is -0.548. The zero-order valence-corrected chi connectivity index (χ0v) is 25.8. The highest BCUT2D eigenvalue weighted by Crippen LogP contribution is 2.38. The molecule has 1 fully saturated rings. The van der Waals surface area contributed by atoms with Gasteiger partial charge in [-0.2, -0.15) is 10.4 Å². The number of anilines is 3. The Morgan fingerprint density at radius 1 is 1.24 bits per heavy atom. The predicted molar refractivity (Wildman–Crippen MR) is 162 cm³/mol. The van der Waals surface area contributed by atoms with Gasteiger partial charge in [-0.3, -0.25) is 0 Å². The Kier molecular flexibility index (Phi) is 7.81. The molecule has 1 aliphatic heterocycles. The van der Waals surface area contributed by atoms with Crippen molar-refractivity contribution in [3.63, 3.8) is 0 Å². The largest absolute Gasteiger partial charge is 0.444 e. The summed E-state index contributed by atoms with van der Waals surface area (Å²) in [5.41, 5.74) is 3.92. The number of aryl methyl sites for hydroxylation is 2. The van der Waals surface area contributed by atoms with Gasteiger partial charge in [0.05, 0.1) is 5.69 Å². The number of carbonyl (C=O) groups is 1. The molecule has 3 aromatic heterocycles. The first-order chi connectivity index (χ1) is 19.9. The maximum absolute atomic E-state index is 13.5. The number of aromatic nitrogens is 4. The van der Waals surface area contributed by atoms with E-state index in [1.165, 1.54) is 23.5 Å². The van der Waals surface area contributed by atoms with Crippen molar-refractivity contribution in [3.8, 4) is 17.3 Å². The smallest absolute Gasteiger partial charge is 0.410 e. The van der Waals surface area contributed by atoms with Gasteiger partial charge in [-0.1, -0.05) is 18.3 Å². The van der Waals surface area contributed by atoms with Gasteiger partial charge in [-0.25, -0.2) is 23.7 Å². The van der Waals surface area contributed by atoms with Crippen LogP contribution in [-0.4, -0.2) is 68.9 Å². The summed E-state index contributed by atoms with van der Waals surface area (Å²) in [5, 5.41) is 15.3. The second-order valence-electron chi connectivity index (χ2n) is 11.5. The predicted octanol–water partition coefficient (Wildman–Crippen LogP) is 5.95. The number of carbonyl (C=O) groups excluding carboxylic acids is 1. The number of rotatable bonds is 5. The Morgan fingerprint density at radius 3 is 2.57 bits per heavy atom. The number of nitrogens with zero attached hydrogens (tertiary/aromatic N) is 8. The summed E-state index contributed by atoms with van der Waals surface area (Å²) in [4.78, 5) is 28.9. The van der Waals surface area contributed by atoms with E-state index in [0.717, 1.165) is 22.9 Å². The number of hydrogen-bond donors (Lipinski definition) is 0. The molecule has 0 unspecified atom stereocenters. The summed E-state index contributed by atoms with van der Waals surface area (Å²) in [5.74, 6) is 0.457. The van der Waals surface area contributed by atoms with E-state index in [1.54, 1.807) is 17.0 Å². The lowest BCUT2D eigenvalue weighted by Gasteiger charge is -2.40. The topological polar surface area (TPSA) is 103 Å². The SMILES string of the molecule is CCc1nn2c(C)cc(N3CCN(C(=O)OC(C)(C)C)C[C@@H]3C)nc2c1N(C)c1nc(-c2ccc(F)cc2)c(C#N)s1. The van der Waals surface area contributed by atoms with Crippen LogP contribution < -0.4 is 9.80 Å². The zero-order valence-electron chi connectivity index (χ0n) is 25.0. The fraction of sp³-hybridized carbons (Fsp3) is 0.433. The van der Waals surface area contributed by atoms with E-state index in [4.69, 9.17) is 19.8 Å². The van der Waals surface area contributed by atoms with Crippen molar-refractivity contribution in [2.24, 2.45) is 0 Å². The molecule has 5 rings (SSSR count). The number of piperazine rings is 1. The molecule has 0 saturated carbocycles. The Hall–Kier alpha value is -4.24. The molecule has 1 amide bonds. The molecule has 1 atom stereocenters. The number of ether oxygens (including phenoxy) is 1. The first-order valence-electron chi connectivity index (χ1n) is 13.9. The number of hydrogen-bond acceptors (Lipinski definition) is 9. The molecule has 1 aliphatic rings. The van der Waals surface area contributed by atoms with Gasteiger partial charge >= 0.3 is 6.09 Å². The Bertz CT molecular complexity index is 1670.